The lowest BCUT2D eigenvalue weighted by molar-refractivity contribution is -0.155. The van der Waals surface area contributed by atoms with Crippen molar-refractivity contribution < 1.29 is 14.7 Å². The maximum absolute atomic E-state index is 12.2. The Morgan fingerprint density at radius 2 is 1.91 bits per heavy atom. The number of likely N-dealkylation sites (N-methyl/N-ethyl adjacent to an activating group) is 1. The molecular weight excluding hydrogens is 282 g/mol. The van der Waals surface area contributed by atoms with Gasteiger partial charge < -0.3 is 10.0 Å². The zero-order valence-electron chi connectivity index (χ0n) is 12.9. The van der Waals surface area contributed by atoms with Crippen molar-refractivity contribution in [1.29, 1.82) is 0 Å². The molecule has 0 aliphatic carbocycles. The number of para-hydroxylation sites is 1. The first-order chi connectivity index (χ1) is 10.3. The molecule has 1 aromatic heterocycles. The summed E-state index contributed by atoms with van der Waals surface area (Å²) in [6, 6.07) is 9.56. The molecule has 0 atom stereocenters. The van der Waals surface area contributed by atoms with Crippen molar-refractivity contribution in [2.45, 2.75) is 25.8 Å². The van der Waals surface area contributed by atoms with Crippen molar-refractivity contribution in [3.05, 3.63) is 48.3 Å². The third-order valence-corrected chi connectivity index (χ3v) is 3.75. The normalized spacial score (nSPS) is 11.2. The van der Waals surface area contributed by atoms with Crippen LogP contribution in [-0.2, 0) is 16.0 Å². The molecule has 0 bridgehead atoms. The predicted octanol–water partition coefficient (Wildman–Crippen LogP) is 1.74. The van der Waals surface area contributed by atoms with Gasteiger partial charge in [0.15, 0.2) is 0 Å². The summed E-state index contributed by atoms with van der Waals surface area (Å²) in [5, 5.41) is 13.4. The second kappa shape index (κ2) is 6.01. The lowest BCUT2D eigenvalue weighted by atomic mass is 10.0. The molecule has 0 saturated carbocycles. The molecule has 0 radical (unpaired) electrons. The maximum atomic E-state index is 12.2. The second-order valence-electron chi connectivity index (χ2n) is 5.62. The Labute approximate surface area is 129 Å². The minimum atomic E-state index is -1.24. The minimum absolute atomic E-state index is 0.111. The summed E-state index contributed by atoms with van der Waals surface area (Å²) >= 11 is 0. The Bertz CT molecular complexity index is 677. The first kappa shape index (κ1) is 15.8. The van der Waals surface area contributed by atoms with E-state index >= 15 is 0 Å². The fourth-order valence-electron chi connectivity index (χ4n) is 1.92. The first-order valence-electron chi connectivity index (χ1n) is 6.91. The number of rotatable bonds is 5. The second-order valence-corrected chi connectivity index (χ2v) is 5.62. The van der Waals surface area contributed by atoms with E-state index in [1.807, 2.05) is 30.3 Å². The number of amides is 1. The van der Waals surface area contributed by atoms with Gasteiger partial charge in [-0.25, -0.2) is 9.48 Å². The van der Waals surface area contributed by atoms with Crippen LogP contribution in [0.15, 0.2) is 42.7 Å². The van der Waals surface area contributed by atoms with E-state index in [1.165, 1.54) is 25.8 Å². The van der Waals surface area contributed by atoms with E-state index in [0.717, 1.165) is 11.3 Å². The number of benzene rings is 1. The number of aliphatic carboxylic acids is 1. The number of carbonyl (C=O) groups excluding carboxylic acids is 1. The highest BCUT2D eigenvalue weighted by Gasteiger charge is 2.35. The molecule has 0 saturated heterocycles. The summed E-state index contributed by atoms with van der Waals surface area (Å²) in [6.07, 6.45) is 3.50. The van der Waals surface area contributed by atoms with E-state index < -0.39 is 11.5 Å². The van der Waals surface area contributed by atoms with Gasteiger partial charge in [0.1, 0.15) is 5.54 Å². The van der Waals surface area contributed by atoms with Gasteiger partial charge in [-0.2, -0.15) is 5.10 Å². The molecule has 0 fully saturated rings. The quantitative estimate of drug-likeness (QED) is 0.912. The molecular formula is C16H19N3O3. The van der Waals surface area contributed by atoms with Crippen LogP contribution in [0.3, 0.4) is 0 Å². The van der Waals surface area contributed by atoms with Gasteiger partial charge in [0.05, 0.1) is 18.3 Å². The Balaban J connectivity index is 2.10. The lowest BCUT2D eigenvalue weighted by Crippen LogP contribution is -2.51. The third-order valence-electron chi connectivity index (χ3n) is 3.75. The molecule has 2 rings (SSSR count). The molecule has 116 valence electrons. The van der Waals surface area contributed by atoms with Crippen LogP contribution in [0.4, 0.5) is 0 Å². The van der Waals surface area contributed by atoms with Gasteiger partial charge in [0, 0.05) is 13.2 Å². The van der Waals surface area contributed by atoms with Crippen molar-refractivity contribution >= 4 is 11.9 Å². The summed E-state index contributed by atoms with van der Waals surface area (Å²) in [7, 11) is 1.50. The number of carbonyl (C=O) groups is 2. The molecule has 6 nitrogen and oxygen atoms in total. The first-order valence-corrected chi connectivity index (χ1v) is 6.91. The van der Waals surface area contributed by atoms with Crippen LogP contribution in [-0.4, -0.2) is 44.3 Å². The average molecular weight is 301 g/mol. The topological polar surface area (TPSA) is 75.4 Å². The largest absolute Gasteiger partial charge is 0.480 e. The molecule has 0 unspecified atom stereocenters. The van der Waals surface area contributed by atoms with E-state index in [2.05, 4.69) is 5.10 Å². The van der Waals surface area contributed by atoms with E-state index in [9.17, 15) is 9.59 Å². The number of hydrogen-bond acceptors (Lipinski definition) is 3. The monoisotopic (exact) mass is 301 g/mol. The van der Waals surface area contributed by atoms with Crippen molar-refractivity contribution in [2.75, 3.05) is 7.05 Å². The van der Waals surface area contributed by atoms with E-state index in [1.54, 1.807) is 17.1 Å². The SMILES string of the molecule is CN(C(=O)Cc1cnn(-c2ccccc2)c1)C(C)(C)C(=O)O. The van der Waals surface area contributed by atoms with Crippen LogP contribution in [0.25, 0.3) is 5.69 Å². The van der Waals surface area contributed by atoms with Crippen LogP contribution in [0, 0.1) is 0 Å². The highest BCUT2D eigenvalue weighted by Crippen LogP contribution is 2.15. The molecule has 1 aromatic carbocycles. The van der Waals surface area contributed by atoms with E-state index in [0.29, 0.717) is 0 Å². The lowest BCUT2D eigenvalue weighted by Gasteiger charge is -2.31. The molecule has 1 N–H and O–H groups in total. The molecule has 0 aliphatic heterocycles. The van der Waals surface area contributed by atoms with Gasteiger partial charge in [0.25, 0.3) is 0 Å². The minimum Gasteiger partial charge on any atom is -0.480 e. The summed E-state index contributed by atoms with van der Waals surface area (Å²) in [4.78, 5) is 24.7. The number of aromatic nitrogens is 2. The van der Waals surface area contributed by atoms with Crippen LogP contribution in [0.2, 0.25) is 0 Å². The number of hydrogen-bond donors (Lipinski definition) is 1. The highest BCUT2D eigenvalue weighted by atomic mass is 16.4. The standard InChI is InChI=1S/C16H19N3O3/c1-16(2,15(21)22)18(3)14(20)9-12-10-17-19(11-12)13-7-5-4-6-8-13/h4-8,10-11H,9H2,1-3H3,(H,21,22). The smallest absolute Gasteiger partial charge is 0.329 e. The van der Waals surface area contributed by atoms with E-state index in [4.69, 9.17) is 5.11 Å². The Morgan fingerprint density at radius 3 is 2.50 bits per heavy atom. The van der Waals surface area contributed by atoms with Crippen LogP contribution in [0.1, 0.15) is 19.4 Å². The van der Waals surface area contributed by atoms with Gasteiger partial charge in [0.2, 0.25) is 5.91 Å². The number of carboxylic acids is 1. The third kappa shape index (κ3) is 3.16. The van der Waals surface area contributed by atoms with Gasteiger partial charge >= 0.3 is 5.97 Å². The highest BCUT2D eigenvalue weighted by molar-refractivity contribution is 5.87. The van der Waals surface area contributed by atoms with Crippen LogP contribution in [0.5, 0.6) is 0 Å². The van der Waals surface area contributed by atoms with Gasteiger partial charge in [-0.1, -0.05) is 18.2 Å². The Hall–Kier alpha value is -2.63. The van der Waals surface area contributed by atoms with Crippen LogP contribution < -0.4 is 0 Å². The molecule has 2 aromatic rings. The fraction of sp³-hybridized carbons (Fsp3) is 0.312. The molecule has 6 heteroatoms. The maximum Gasteiger partial charge on any atom is 0.329 e. The summed E-state index contributed by atoms with van der Waals surface area (Å²) < 4.78 is 1.69. The van der Waals surface area contributed by atoms with Crippen molar-refractivity contribution in [1.82, 2.24) is 14.7 Å². The molecule has 0 spiro atoms. The van der Waals surface area contributed by atoms with Crippen LogP contribution >= 0.6 is 0 Å². The van der Waals surface area contributed by atoms with Gasteiger partial charge in [-0.05, 0) is 31.5 Å². The summed E-state index contributed by atoms with van der Waals surface area (Å²) in [6.45, 7) is 3.00. The van der Waals surface area contributed by atoms with Crippen molar-refractivity contribution in [2.24, 2.45) is 0 Å². The zero-order valence-corrected chi connectivity index (χ0v) is 12.9. The summed E-state index contributed by atoms with van der Waals surface area (Å²) in [5.74, 6) is -1.30. The Kier molecular flexibility index (Phi) is 4.30. The molecule has 22 heavy (non-hydrogen) atoms. The van der Waals surface area contributed by atoms with Crippen molar-refractivity contribution in [3.63, 3.8) is 0 Å². The van der Waals surface area contributed by atoms with Crippen molar-refractivity contribution in [3.8, 4) is 5.69 Å². The zero-order chi connectivity index (χ0) is 16.3. The van der Waals surface area contributed by atoms with E-state index in [-0.39, 0.29) is 12.3 Å². The number of carboxylic acid groups (broad SMARTS) is 1. The molecule has 1 amide bonds. The number of nitrogens with zero attached hydrogens (tertiary/aromatic N) is 3. The predicted molar refractivity (Wildman–Crippen MR) is 81.8 cm³/mol. The molecule has 1 heterocycles. The average Bonchev–Trinajstić information content (AvgIpc) is 2.95. The summed E-state index contributed by atoms with van der Waals surface area (Å²) in [5.41, 5.74) is 0.397. The van der Waals surface area contributed by atoms with Gasteiger partial charge in [-0.15, -0.1) is 0 Å². The molecule has 0 aliphatic rings. The Morgan fingerprint density at radius 1 is 1.27 bits per heavy atom. The van der Waals surface area contributed by atoms with Gasteiger partial charge in [-0.3, -0.25) is 4.79 Å². The fourth-order valence-corrected chi connectivity index (χ4v) is 1.92.